The van der Waals surface area contributed by atoms with E-state index in [1.807, 2.05) is 10.6 Å². The third kappa shape index (κ3) is 3.35. The lowest BCUT2D eigenvalue weighted by atomic mass is 10.3. The zero-order valence-electron chi connectivity index (χ0n) is 11.0. The van der Waals surface area contributed by atoms with Crippen molar-refractivity contribution in [3.63, 3.8) is 0 Å². The van der Waals surface area contributed by atoms with E-state index in [0.29, 0.717) is 11.4 Å². The second-order valence-electron chi connectivity index (χ2n) is 4.32. The minimum absolute atomic E-state index is 0.321. The molecule has 6 heteroatoms. The van der Waals surface area contributed by atoms with Gasteiger partial charge < -0.3 is 9.88 Å². The first-order valence-corrected chi connectivity index (χ1v) is 7.93. The number of rotatable bonds is 5. The van der Waals surface area contributed by atoms with Crippen LogP contribution in [0.3, 0.4) is 0 Å². The van der Waals surface area contributed by atoms with Crippen molar-refractivity contribution in [3.8, 4) is 0 Å². The highest BCUT2D eigenvalue weighted by Crippen LogP contribution is 2.16. The highest BCUT2D eigenvalue weighted by Gasteiger charge is 2.07. The van der Waals surface area contributed by atoms with E-state index < -0.39 is 9.84 Å². The average Bonchev–Trinajstić information content (AvgIpc) is 2.83. The van der Waals surface area contributed by atoms with Crippen LogP contribution in [0.25, 0.3) is 0 Å². The van der Waals surface area contributed by atoms with Gasteiger partial charge in [-0.1, -0.05) is 6.07 Å². The monoisotopic (exact) mass is 279 g/mol. The number of benzene rings is 1. The zero-order chi connectivity index (χ0) is 13.9. The largest absolute Gasteiger partial charge is 0.379 e. The Kier molecular flexibility index (Phi) is 3.90. The number of hydrogen-bond donors (Lipinski definition) is 1. The van der Waals surface area contributed by atoms with E-state index in [0.717, 1.165) is 17.9 Å². The van der Waals surface area contributed by atoms with Crippen molar-refractivity contribution in [2.75, 3.05) is 11.6 Å². The quantitative estimate of drug-likeness (QED) is 0.908. The van der Waals surface area contributed by atoms with Crippen LogP contribution < -0.4 is 5.32 Å². The molecule has 0 aliphatic heterocycles. The van der Waals surface area contributed by atoms with Gasteiger partial charge in [-0.05, 0) is 25.1 Å². The van der Waals surface area contributed by atoms with E-state index in [9.17, 15) is 8.42 Å². The van der Waals surface area contributed by atoms with Gasteiger partial charge in [0.05, 0.1) is 23.5 Å². The van der Waals surface area contributed by atoms with Crippen molar-refractivity contribution in [3.05, 3.63) is 42.5 Å². The molecule has 0 spiro atoms. The molecule has 102 valence electrons. The van der Waals surface area contributed by atoms with E-state index in [4.69, 9.17) is 0 Å². The van der Waals surface area contributed by atoms with Gasteiger partial charge >= 0.3 is 0 Å². The number of nitrogens with one attached hydrogen (secondary N) is 1. The standard InChI is InChI=1S/C13H17N3O2S/c1-3-16-10-14-8-12(16)9-15-11-5-4-6-13(7-11)19(2,17)18/h4-8,10,15H,3,9H2,1-2H3. The summed E-state index contributed by atoms with van der Waals surface area (Å²) in [6, 6.07) is 6.82. The maximum atomic E-state index is 11.5. The van der Waals surface area contributed by atoms with Gasteiger partial charge in [0.15, 0.2) is 9.84 Å². The zero-order valence-corrected chi connectivity index (χ0v) is 11.8. The van der Waals surface area contributed by atoms with Crippen molar-refractivity contribution in [1.82, 2.24) is 9.55 Å². The molecule has 0 aliphatic rings. The minimum atomic E-state index is -3.17. The molecular weight excluding hydrogens is 262 g/mol. The normalized spacial score (nSPS) is 11.5. The van der Waals surface area contributed by atoms with Gasteiger partial charge in [-0.15, -0.1) is 0 Å². The summed E-state index contributed by atoms with van der Waals surface area (Å²) in [6.45, 7) is 3.52. The molecule has 0 saturated heterocycles. The van der Waals surface area contributed by atoms with Crippen LogP contribution in [-0.4, -0.2) is 24.2 Å². The van der Waals surface area contributed by atoms with E-state index in [1.54, 1.807) is 30.7 Å². The Morgan fingerprint density at radius 2 is 2.16 bits per heavy atom. The van der Waals surface area contributed by atoms with Crippen LogP contribution in [0.5, 0.6) is 0 Å². The van der Waals surface area contributed by atoms with Gasteiger partial charge in [0, 0.05) is 24.7 Å². The van der Waals surface area contributed by atoms with E-state index >= 15 is 0 Å². The van der Waals surface area contributed by atoms with Crippen LogP contribution in [0.2, 0.25) is 0 Å². The van der Waals surface area contributed by atoms with Gasteiger partial charge in [0.2, 0.25) is 0 Å². The molecule has 0 unspecified atom stereocenters. The first kappa shape index (κ1) is 13.6. The van der Waals surface area contributed by atoms with Crippen LogP contribution in [0.1, 0.15) is 12.6 Å². The summed E-state index contributed by atoms with van der Waals surface area (Å²) < 4.78 is 25.0. The second kappa shape index (κ2) is 5.44. The number of imidazole rings is 1. The number of sulfone groups is 1. The molecular formula is C13H17N3O2S. The van der Waals surface area contributed by atoms with Crippen molar-refractivity contribution in [2.24, 2.45) is 0 Å². The Labute approximate surface area is 113 Å². The molecule has 0 fully saturated rings. The Morgan fingerprint density at radius 1 is 1.37 bits per heavy atom. The van der Waals surface area contributed by atoms with Gasteiger partial charge in [-0.25, -0.2) is 13.4 Å². The highest BCUT2D eigenvalue weighted by molar-refractivity contribution is 7.90. The molecule has 0 atom stereocenters. The van der Waals surface area contributed by atoms with Crippen molar-refractivity contribution in [1.29, 1.82) is 0 Å². The summed E-state index contributed by atoms with van der Waals surface area (Å²) in [5.74, 6) is 0. The van der Waals surface area contributed by atoms with E-state index in [1.165, 1.54) is 6.26 Å². The Morgan fingerprint density at radius 3 is 2.84 bits per heavy atom. The van der Waals surface area contributed by atoms with Gasteiger partial charge in [-0.3, -0.25) is 0 Å². The van der Waals surface area contributed by atoms with Crippen LogP contribution in [0, 0.1) is 0 Å². The smallest absolute Gasteiger partial charge is 0.175 e. The minimum Gasteiger partial charge on any atom is -0.379 e. The predicted molar refractivity (Wildman–Crippen MR) is 74.8 cm³/mol. The summed E-state index contributed by atoms with van der Waals surface area (Å²) in [6.07, 6.45) is 4.79. The number of aromatic nitrogens is 2. The molecule has 0 amide bonds. The number of nitrogens with zero attached hydrogens (tertiary/aromatic N) is 2. The molecule has 1 N–H and O–H groups in total. The maximum Gasteiger partial charge on any atom is 0.175 e. The molecule has 1 heterocycles. The molecule has 1 aromatic carbocycles. The molecule has 2 rings (SSSR count). The molecule has 1 aromatic heterocycles. The Balaban J connectivity index is 2.12. The fourth-order valence-corrected chi connectivity index (χ4v) is 2.48. The molecule has 0 radical (unpaired) electrons. The van der Waals surface area contributed by atoms with Crippen molar-refractivity contribution in [2.45, 2.75) is 24.9 Å². The van der Waals surface area contributed by atoms with Crippen LogP contribution in [0.15, 0.2) is 41.7 Å². The average molecular weight is 279 g/mol. The summed E-state index contributed by atoms with van der Waals surface area (Å²) >= 11 is 0. The number of anilines is 1. The fraction of sp³-hybridized carbons (Fsp3) is 0.308. The molecule has 0 saturated carbocycles. The van der Waals surface area contributed by atoms with Crippen LogP contribution in [-0.2, 0) is 22.9 Å². The van der Waals surface area contributed by atoms with E-state index in [-0.39, 0.29) is 0 Å². The van der Waals surface area contributed by atoms with E-state index in [2.05, 4.69) is 17.2 Å². The molecule has 2 aromatic rings. The number of aryl methyl sites for hydroxylation is 1. The second-order valence-corrected chi connectivity index (χ2v) is 6.34. The van der Waals surface area contributed by atoms with Crippen LogP contribution in [0.4, 0.5) is 5.69 Å². The molecule has 0 bridgehead atoms. The topological polar surface area (TPSA) is 64.0 Å². The highest BCUT2D eigenvalue weighted by atomic mass is 32.2. The lowest BCUT2D eigenvalue weighted by molar-refractivity contribution is 0.602. The fourth-order valence-electron chi connectivity index (χ4n) is 1.81. The van der Waals surface area contributed by atoms with Crippen molar-refractivity contribution < 1.29 is 8.42 Å². The maximum absolute atomic E-state index is 11.5. The SMILES string of the molecule is CCn1cncc1CNc1cccc(S(C)(=O)=O)c1. The van der Waals surface area contributed by atoms with Gasteiger partial charge in [0.25, 0.3) is 0 Å². The third-order valence-corrected chi connectivity index (χ3v) is 3.99. The molecule has 0 aliphatic carbocycles. The molecule has 19 heavy (non-hydrogen) atoms. The molecule has 5 nitrogen and oxygen atoms in total. The van der Waals surface area contributed by atoms with Crippen LogP contribution >= 0.6 is 0 Å². The summed E-state index contributed by atoms with van der Waals surface area (Å²) in [7, 11) is -3.17. The summed E-state index contributed by atoms with van der Waals surface area (Å²) in [5.41, 5.74) is 1.85. The Bertz CT molecular complexity index is 662. The predicted octanol–water partition coefficient (Wildman–Crippen LogP) is 1.92. The van der Waals surface area contributed by atoms with Gasteiger partial charge in [-0.2, -0.15) is 0 Å². The summed E-state index contributed by atoms with van der Waals surface area (Å²) in [5, 5.41) is 3.21. The third-order valence-electron chi connectivity index (χ3n) is 2.88. The lowest BCUT2D eigenvalue weighted by Crippen LogP contribution is -2.06. The van der Waals surface area contributed by atoms with Gasteiger partial charge in [0.1, 0.15) is 0 Å². The first-order chi connectivity index (χ1) is 9.00. The van der Waals surface area contributed by atoms with Crippen molar-refractivity contribution >= 4 is 15.5 Å². The number of hydrogen-bond acceptors (Lipinski definition) is 4. The first-order valence-electron chi connectivity index (χ1n) is 6.03. The summed E-state index contributed by atoms with van der Waals surface area (Å²) in [4.78, 5) is 4.41. The Hall–Kier alpha value is -1.82. The lowest BCUT2D eigenvalue weighted by Gasteiger charge is -2.09.